The number of aliphatic hydroxyl groups is 1. The predicted octanol–water partition coefficient (Wildman–Crippen LogP) is 3.31. The summed E-state index contributed by atoms with van der Waals surface area (Å²) >= 11 is 11.7. The van der Waals surface area contributed by atoms with Gasteiger partial charge in [0.2, 0.25) is 0 Å². The summed E-state index contributed by atoms with van der Waals surface area (Å²) in [5.74, 6) is -0.346. The zero-order valence-corrected chi connectivity index (χ0v) is 13.3. The molecule has 20 heavy (non-hydrogen) atoms. The molecule has 0 radical (unpaired) electrons. The van der Waals surface area contributed by atoms with E-state index in [4.69, 9.17) is 28.3 Å². The molecule has 6 heteroatoms. The first-order valence-electron chi connectivity index (χ1n) is 6.69. The third-order valence-corrected chi connectivity index (χ3v) is 4.31. The van der Waals surface area contributed by atoms with Crippen molar-refractivity contribution in [2.24, 2.45) is 5.41 Å². The fraction of sp³-hybridized carbons (Fsp3) is 0.571. The molecule has 1 aromatic heterocycles. The van der Waals surface area contributed by atoms with Crippen LogP contribution in [-0.4, -0.2) is 29.1 Å². The lowest BCUT2D eigenvalue weighted by Gasteiger charge is -2.31. The summed E-state index contributed by atoms with van der Waals surface area (Å²) in [6.45, 7) is 4.68. The normalized spacial score (nSPS) is 11.4. The fourth-order valence-corrected chi connectivity index (χ4v) is 2.45. The molecule has 0 saturated heterocycles. The molecule has 0 unspecified atom stereocenters. The lowest BCUT2D eigenvalue weighted by atomic mass is 9.79. The van der Waals surface area contributed by atoms with Gasteiger partial charge in [0.25, 0.3) is 5.91 Å². The number of hydrogen-bond donors (Lipinski definition) is 2. The highest BCUT2D eigenvalue weighted by molar-refractivity contribution is 6.34. The molecular weight excluding hydrogens is 299 g/mol. The van der Waals surface area contributed by atoms with Crippen molar-refractivity contribution in [2.75, 3.05) is 13.2 Å². The van der Waals surface area contributed by atoms with Crippen molar-refractivity contribution >= 4 is 29.1 Å². The van der Waals surface area contributed by atoms with Gasteiger partial charge in [-0.15, -0.1) is 0 Å². The van der Waals surface area contributed by atoms with Crippen molar-refractivity contribution in [2.45, 2.75) is 33.1 Å². The number of carbonyl (C=O) groups excluding carboxylic acids is 1. The predicted molar refractivity (Wildman–Crippen MR) is 81.3 cm³/mol. The Labute approximate surface area is 129 Å². The molecule has 4 nitrogen and oxygen atoms in total. The Hall–Kier alpha value is -0.840. The van der Waals surface area contributed by atoms with Gasteiger partial charge in [-0.25, -0.2) is 4.98 Å². The smallest absolute Gasteiger partial charge is 0.271 e. The molecule has 1 aromatic rings. The third kappa shape index (κ3) is 4.33. The molecule has 0 aliphatic carbocycles. The first-order chi connectivity index (χ1) is 9.48. The Balaban J connectivity index is 2.77. The second-order valence-electron chi connectivity index (χ2n) is 4.83. The average molecular weight is 319 g/mol. The van der Waals surface area contributed by atoms with Crippen LogP contribution in [0.3, 0.4) is 0 Å². The standard InChI is InChI=1S/C14H20Cl2N2O2/c1-3-14(4-2,7-8-19)9-17-13(20)12-10(15)5-6-11(16)18-12/h5-6,19H,3-4,7-9H2,1-2H3,(H,17,20). The largest absolute Gasteiger partial charge is 0.396 e. The lowest BCUT2D eigenvalue weighted by Crippen LogP contribution is -2.38. The molecule has 0 aliphatic rings. The molecule has 0 atom stereocenters. The van der Waals surface area contributed by atoms with Crippen LogP contribution in [0.4, 0.5) is 0 Å². The van der Waals surface area contributed by atoms with Gasteiger partial charge < -0.3 is 10.4 Å². The van der Waals surface area contributed by atoms with Crippen LogP contribution < -0.4 is 5.32 Å². The van der Waals surface area contributed by atoms with Crippen LogP contribution in [0.5, 0.6) is 0 Å². The molecule has 1 heterocycles. The van der Waals surface area contributed by atoms with Gasteiger partial charge in [0, 0.05) is 13.2 Å². The minimum Gasteiger partial charge on any atom is -0.396 e. The highest BCUT2D eigenvalue weighted by Crippen LogP contribution is 2.29. The maximum Gasteiger partial charge on any atom is 0.271 e. The van der Waals surface area contributed by atoms with Crippen LogP contribution in [0.25, 0.3) is 0 Å². The first kappa shape index (κ1) is 17.2. The molecule has 1 amide bonds. The van der Waals surface area contributed by atoms with Gasteiger partial charge in [0.1, 0.15) is 10.8 Å². The van der Waals surface area contributed by atoms with Crippen molar-refractivity contribution in [1.29, 1.82) is 0 Å². The van der Waals surface area contributed by atoms with E-state index in [1.165, 1.54) is 6.07 Å². The highest BCUT2D eigenvalue weighted by atomic mass is 35.5. The van der Waals surface area contributed by atoms with Gasteiger partial charge in [0.15, 0.2) is 0 Å². The number of aliphatic hydroxyl groups excluding tert-OH is 1. The minimum atomic E-state index is -0.346. The summed E-state index contributed by atoms with van der Waals surface area (Å²) in [7, 11) is 0. The van der Waals surface area contributed by atoms with E-state index in [-0.39, 0.29) is 33.8 Å². The van der Waals surface area contributed by atoms with Gasteiger partial charge in [0.05, 0.1) is 5.02 Å². The average Bonchev–Trinajstić information content (AvgIpc) is 2.46. The van der Waals surface area contributed by atoms with Crippen molar-refractivity contribution in [1.82, 2.24) is 10.3 Å². The van der Waals surface area contributed by atoms with Crippen LogP contribution in [-0.2, 0) is 0 Å². The summed E-state index contributed by atoms with van der Waals surface area (Å²) < 4.78 is 0. The molecule has 1 rings (SSSR count). The maximum atomic E-state index is 12.1. The molecule has 2 N–H and O–H groups in total. The summed E-state index contributed by atoms with van der Waals surface area (Å²) in [5.41, 5.74) is 0.0272. The van der Waals surface area contributed by atoms with E-state index in [1.54, 1.807) is 6.07 Å². The van der Waals surface area contributed by atoms with E-state index in [1.807, 2.05) is 0 Å². The number of rotatable bonds is 7. The SMILES string of the molecule is CCC(CC)(CCO)CNC(=O)c1nc(Cl)ccc1Cl. The van der Waals surface area contributed by atoms with Crippen LogP contribution >= 0.6 is 23.2 Å². The zero-order valence-electron chi connectivity index (χ0n) is 11.7. The van der Waals surface area contributed by atoms with E-state index in [0.29, 0.717) is 13.0 Å². The summed E-state index contributed by atoms with van der Waals surface area (Å²) in [6.07, 6.45) is 2.40. The molecule has 0 fully saturated rings. The van der Waals surface area contributed by atoms with Crippen molar-refractivity contribution in [3.05, 3.63) is 28.0 Å². The number of pyridine rings is 1. The van der Waals surface area contributed by atoms with Gasteiger partial charge in [-0.3, -0.25) is 4.79 Å². The van der Waals surface area contributed by atoms with Gasteiger partial charge >= 0.3 is 0 Å². The zero-order chi connectivity index (χ0) is 15.2. The van der Waals surface area contributed by atoms with Crippen molar-refractivity contribution in [3.63, 3.8) is 0 Å². The molecule has 0 spiro atoms. The van der Waals surface area contributed by atoms with Crippen LogP contribution in [0.2, 0.25) is 10.2 Å². The maximum absolute atomic E-state index is 12.1. The van der Waals surface area contributed by atoms with Gasteiger partial charge in [-0.2, -0.15) is 0 Å². The number of amides is 1. The van der Waals surface area contributed by atoms with Crippen molar-refractivity contribution < 1.29 is 9.90 Å². The minimum absolute atomic E-state index is 0.102. The van der Waals surface area contributed by atoms with E-state index < -0.39 is 0 Å². The number of aromatic nitrogens is 1. The Morgan fingerprint density at radius 1 is 1.35 bits per heavy atom. The lowest BCUT2D eigenvalue weighted by molar-refractivity contribution is 0.0902. The highest BCUT2D eigenvalue weighted by Gasteiger charge is 2.26. The second kappa shape index (κ2) is 7.81. The number of halogens is 2. The molecule has 0 aromatic carbocycles. The summed E-state index contributed by atoms with van der Waals surface area (Å²) in [5, 5.41) is 12.5. The van der Waals surface area contributed by atoms with E-state index >= 15 is 0 Å². The number of nitrogens with zero attached hydrogens (tertiary/aromatic N) is 1. The first-order valence-corrected chi connectivity index (χ1v) is 7.44. The summed E-state index contributed by atoms with van der Waals surface area (Å²) in [4.78, 5) is 16.1. The van der Waals surface area contributed by atoms with Gasteiger partial charge in [-0.05, 0) is 36.8 Å². The van der Waals surface area contributed by atoms with E-state index in [9.17, 15) is 4.79 Å². The Morgan fingerprint density at radius 2 is 2.00 bits per heavy atom. The third-order valence-electron chi connectivity index (χ3n) is 3.79. The monoisotopic (exact) mass is 318 g/mol. The molecule has 0 saturated carbocycles. The topological polar surface area (TPSA) is 62.2 Å². The number of hydrogen-bond acceptors (Lipinski definition) is 3. The molecule has 0 aliphatic heterocycles. The van der Waals surface area contributed by atoms with Crippen LogP contribution in [0.1, 0.15) is 43.6 Å². The van der Waals surface area contributed by atoms with Gasteiger partial charge in [-0.1, -0.05) is 37.0 Å². The Kier molecular flexibility index (Phi) is 6.72. The van der Waals surface area contributed by atoms with E-state index in [0.717, 1.165) is 12.8 Å². The molecular formula is C14H20Cl2N2O2. The fourth-order valence-electron chi connectivity index (χ4n) is 2.11. The Morgan fingerprint density at radius 3 is 2.55 bits per heavy atom. The summed E-state index contributed by atoms with van der Waals surface area (Å²) in [6, 6.07) is 3.08. The quantitative estimate of drug-likeness (QED) is 0.758. The molecule has 0 bridgehead atoms. The number of nitrogens with one attached hydrogen (secondary N) is 1. The van der Waals surface area contributed by atoms with Crippen LogP contribution in [0, 0.1) is 5.41 Å². The second-order valence-corrected chi connectivity index (χ2v) is 5.62. The van der Waals surface area contributed by atoms with Crippen molar-refractivity contribution in [3.8, 4) is 0 Å². The Bertz CT molecular complexity index is 462. The van der Waals surface area contributed by atoms with E-state index in [2.05, 4.69) is 24.1 Å². The van der Waals surface area contributed by atoms with Crippen LogP contribution in [0.15, 0.2) is 12.1 Å². The number of carbonyl (C=O) groups is 1. The molecule has 112 valence electrons.